The van der Waals surface area contributed by atoms with Crippen molar-refractivity contribution in [2.75, 3.05) is 0 Å². The van der Waals surface area contributed by atoms with Gasteiger partial charge in [0.2, 0.25) is 0 Å². The Morgan fingerprint density at radius 2 is 1.68 bits per heavy atom. The fraction of sp³-hybridized carbons (Fsp3) is 0.947. The molecule has 0 spiro atoms. The van der Waals surface area contributed by atoms with E-state index in [1.54, 1.807) is 0 Å². The Morgan fingerprint density at radius 1 is 0.909 bits per heavy atom. The van der Waals surface area contributed by atoms with Gasteiger partial charge in [0.1, 0.15) is 5.78 Å². The Bertz CT molecular complexity index is 489. The van der Waals surface area contributed by atoms with Crippen molar-refractivity contribution in [3.05, 3.63) is 0 Å². The van der Waals surface area contributed by atoms with Crippen LogP contribution in [0.1, 0.15) is 65.2 Å². The Hall–Kier alpha value is -0.410. The molecule has 4 fully saturated rings. The van der Waals surface area contributed by atoms with E-state index in [4.69, 9.17) is 0 Å². The summed E-state index contributed by atoms with van der Waals surface area (Å²) in [6, 6.07) is 0. The van der Waals surface area contributed by atoms with Crippen molar-refractivity contribution in [1.82, 2.24) is 0 Å². The first-order valence-electron chi connectivity index (χ1n) is 9.27. The Balaban J connectivity index is 1.65. The van der Waals surface area contributed by atoms with Gasteiger partial charge in [-0.15, -0.1) is 0 Å². The average Bonchev–Trinajstić information content (AvgIpc) is 2.79. The van der Waals surface area contributed by atoms with Crippen LogP contribution in [0.15, 0.2) is 0 Å². The zero-order valence-electron chi connectivity index (χ0n) is 13.9. The number of aliphatic hydroxyl groups excluding tert-OH is 2. The first-order valence-corrected chi connectivity index (χ1v) is 9.27. The molecular formula is C19H30O3. The molecule has 0 unspecified atom stereocenters. The van der Waals surface area contributed by atoms with Gasteiger partial charge in [-0.1, -0.05) is 13.8 Å². The van der Waals surface area contributed by atoms with Gasteiger partial charge in [-0.2, -0.15) is 0 Å². The molecule has 124 valence electrons. The molecule has 0 bridgehead atoms. The molecule has 4 rings (SSSR count). The topological polar surface area (TPSA) is 57.5 Å². The monoisotopic (exact) mass is 306 g/mol. The average molecular weight is 306 g/mol. The highest BCUT2D eigenvalue weighted by Gasteiger charge is 2.61. The predicted molar refractivity (Wildman–Crippen MR) is 84.1 cm³/mol. The molecule has 0 heterocycles. The maximum Gasteiger partial charge on any atom is 0.139 e. The molecule has 0 aromatic heterocycles. The molecule has 8 atom stereocenters. The second-order valence-corrected chi connectivity index (χ2v) is 9.08. The van der Waals surface area contributed by atoms with Crippen LogP contribution in [0, 0.1) is 34.5 Å². The van der Waals surface area contributed by atoms with Gasteiger partial charge < -0.3 is 10.2 Å². The van der Waals surface area contributed by atoms with Crippen LogP contribution in [-0.2, 0) is 4.79 Å². The largest absolute Gasteiger partial charge is 0.390 e. The third-order valence-electron chi connectivity index (χ3n) is 8.44. The molecule has 2 N–H and O–H groups in total. The van der Waals surface area contributed by atoms with E-state index >= 15 is 0 Å². The van der Waals surface area contributed by atoms with Crippen LogP contribution in [0.4, 0.5) is 0 Å². The predicted octanol–water partition coefficient (Wildman–Crippen LogP) is 2.93. The first-order chi connectivity index (χ1) is 10.4. The molecule has 3 nitrogen and oxygen atoms in total. The molecule has 0 amide bonds. The molecule has 4 saturated carbocycles. The molecule has 3 heteroatoms. The summed E-state index contributed by atoms with van der Waals surface area (Å²) in [6.07, 6.45) is 6.91. The zero-order valence-corrected chi connectivity index (χ0v) is 13.9. The van der Waals surface area contributed by atoms with Crippen molar-refractivity contribution in [3.63, 3.8) is 0 Å². The van der Waals surface area contributed by atoms with E-state index in [2.05, 4.69) is 13.8 Å². The van der Waals surface area contributed by atoms with Crippen LogP contribution in [0.25, 0.3) is 0 Å². The molecule has 0 aromatic carbocycles. The van der Waals surface area contributed by atoms with Crippen LogP contribution in [0.2, 0.25) is 0 Å². The van der Waals surface area contributed by atoms with Crippen LogP contribution in [0.5, 0.6) is 0 Å². The Morgan fingerprint density at radius 3 is 2.45 bits per heavy atom. The lowest BCUT2D eigenvalue weighted by Gasteiger charge is -2.61. The van der Waals surface area contributed by atoms with Gasteiger partial charge in [-0.25, -0.2) is 0 Å². The number of carbonyl (C=O) groups excluding carboxylic acids is 1. The Labute approximate surface area is 133 Å². The van der Waals surface area contributed by atoms with E-state index in [1.807, 2.05) is 0 Å². The van der Waals surface area contributed by atoms with E-state index < -0.39 is 12.2 Å². The number of hydrogen-bond acceptors (Lipinski definition) is 3. The number of carbonyl (C=O) groups is 1. The van der Waals surface area contributed by atoms with Gasteiger partial charge in [0, 0.05) is 11.8 Å². The maximum absolute atomic E-state index is 12.4. The molecule has 0 radical (unpaired) electrons. The molecule has 4 aliphatic rings. The third-order valence-corrected chi connectivity index (χ3v) is 8.44. The SMILES string of the molecule is C[C@]12CC[C@H](O)[C@H](O)[C@H]1CC[C@@H]1[C@@H]2CC[C@]2(C)C(=O)CC[C@@H]12. The summed E-state index contributed by atoms with van der Waals surface area (Å²) in [5, 5.41) is 20.6. The number of aliphatic hydroxyl groups is 2. The number of hydrogen-bond donors (Lipinski definition) is 2. The van der Waals surface area contributed by atoms with E-state index in [0.29, 0.717) is 23.5 Å². The van der Waals surface area contributed by atoms with Crippen molar-refractivity contribution in [1.29, 1.82) is 0 Å². The lowest BCUT2D eigenvalue weighted by molar-refractivity contribution is -0.173. The van der Waals surface area contributed by atoms with Crippen LogP contribution in [0.3, 0.4) is 0 Å². The highest BCUT2D eigenvalue weighted by molar-refractivity contribution is 5.87. The highest BCUT2D eigenvalue weighted by Crippen LogP contribution is 2.65. The quantitative estimate of drug-likeness (QED) is 0.723. The molecule has 0 aliphatic heterocycles. The fourth-order valence-electron chi connectivity index (χ4n) is 7.09. The minimum atomic E-state index is -0.543. The standard InChI is InChI=1S/C19H30O3/c1-18-10-8-15(20)17(22)14(18)4-3-11-12-5-6-16(21)19(12,2)9-7-13(11)18/h11-15,17,20,22H,3-10H2,1-2H3/t11-,12-,13-,14+,15-,17+,18+,19-/m0/s1. The summed E-state index contributed by atoms with van der Waals surface area (Å²) in [5.41, 5.74) is 0.103. The van der Waals surface area contributed by atoms with E-state index in [-0.39, 0.29) is 16.7 Å². The number of rotatable bonds is 0. The fourth-order valence-corrected chi connectivity index (χ4v) is 7.09. The normalized spacial score (nSPS) is 57.9. The van der Waals surface area contributed by atoms with Gasteiger partial charge in [0.05, 0.1) is 12.2 Å². The smallest absolute Gasteiger partial charge is 0.139 e. The summed E-state index contributed by atoms with van der Waals surface area (Å²) in [6.45, 7) is 4.58. The van der Waals surface area contributed by atoms with Gasteiger partial charge in [0.25, 0.3) is 0 Å². The minimum Gasteiger partial charge on any atom is -0.390 e. The zero-order chi connectivity index (χ0) is 15.7. The van der Waals surface area contributed by atoms with Crippen LogP contribution in [-0.4, -0.2) is 28.2 Å². The highest BCUT2D eigenvalue weighted by atomic mass is 16.3. The minimum absolute atomic E-state index is 0.0584. The molecule has 0 aromatic rings. The third kappa shape index (κ3) is 1.78. The molecule has 0 saturated heterocycles. The molecule has 22 heavy (non-hydrogen) atoms. The summed E-state index contributed by atoms with van der Waals surface area (Å²) < 4.78 is 0. The van der Waals surface area contributed by atoms with Gasteiger partial charge in [0.15, 0.2) is 0 Å². The Kier molecular flexibility index (Phi) is 3.30. The van der Waals surface area contributed by atoms with Crippen molar-refractivity contribution in [2.24, 2.45) is 34.5 Å². The second-order valence-electron chi connectivity index (χ2n) is 9.08. The van der Waals surface area contributed by atoms with Crippen molar-refractivity contribution >= 4 is 5.78 Å². The maximum atomic E-state index is 12.4. The van der Waals surface area contributed by atoms with Gasteiger partial charge >= 0.3 is 0 Å². The van der Waals surface area contributed by atoms with Crippen molar-refractivity contribution in [3.8, 4) is 0 Å². The van der Waals surface area contributed by atoms with E-state index in [0.717, 1.165) is 51.4 Å². The van der Waals surface area contributed by atoms with E-state index in [1.165, 1.54) is 0 Å². The number of ketones is 1. The van der Waals surface area contributed by atoms with Gasteiger partial charge in [-0.05, 0) is 74.0 Å². The second kappa shape index (κ2) is 4.80. The summed E-state index contributed by atoms with van der Waals surface area (Å²) in [7, 11) is 0. The van der Waals surface area contributed by atoms with Gasteiger partial charge in [-0.3, -0.25) is 4.79 Å². The lowest BCUT2D eigenvalue weighted by Crippen LogP contribution is -2.58. The van der Waals surface area contributed by atoms with Crippen molar-refractivity contribution < 1.29 is 15.0 Å². The van der Waals surface area contributed by atoms with Crippen molar-refractivity contribution in [2.45, 2.75) is 77.4 Å². The van der Waals surface area contributed by atoms with Crippen LogP contribution < -0.4 is 0 Å². The molecular weight excluding hydrogens is 276 g/mol. The number of fused-ring (bicyclic) bond motifs is 5. The summed E-state index contributed by atoms with van der Waals surface area (Å²) in [4.78, 5) is 12.4. The first kappa shape index (κ1) is 15.1. The van der Waals surface area contributed by atoms with E-state index in [9.17, 15) is 15.0 Å². The summed E-state index contributed by atoms with van der Waals surface area (Å²) in [5.74, 6) is 2.62. The molecule has 4 aliphatic carbocycles. The number of Topliss-reactive ketones (excluding diaryl/α,β-unsaturated/α-hetero) is 1. The lowest BCUT2D eigenvalue weighted by atomic mass is 9.45. The van der Waals surface area contributed by atoms with Crippen LogP contribution >= 0.6 is 0 Å². The summed E-state index contributed by atoms with van der Waals surface area (Å²) >= 11 is 0.